The van der Waals surface area contributed by atoms with E-state index in [9.17, 15) is 24.3 Å². The summed E-state index contributed by atoms with van der Waals surface area (Å²) in [5, 5.41) is 25.2. The molecule has 4 atom stereocenters. The minimum atomic E-state index is -1.18. The standard InChI is InChI=1S/C14H26N4O6S2/c1-7(19)11(15)13(22)16-5-10(20)17-9(6-25)12(21)18-8(14(23)24)3-4-26-2/h7-9,11,19,25H,3-6,15H2,1-2H3,(H,16,22)(H,17,20)(H,18,21)(H,23,24). The van der Waals surface area contributed by atoms with Crippen molar-refractivity contribution in [2.45, 2.75) is 37.6 Å². The highest BCUT2D eigenvalue weighted by Gasteiger charge is 2.26. The molecule has 7 N–H and O–H groups in total. The van der Waals surface area contributed by atoms with Gasteiger partial charge in [-0.05, 0) is 25.4 Å². The van der Waals surface area contributed by atoms with Crippen molar-refractivity contribution in [1.82, 2.24) is 16.0 Å². The number of nitrogens with one attached hydrogen (secondary N) is 3. The minimum absolute atomic E-state index is 0.0619. The molecule has 0 rings (SSSR count). The van der Waals surface area contributed by atoms with Crippen molar-refractivity contribution in [3.8, 4) is 0 Å². The third-order valence-electron chi connectivity index (χ3n) is 3.31. The van der Waals surface area contributed by atoms with Gasteiger partial charge in [-0.25, -0.2) is 4.79 Å². The van der Waals surface area contributed by atoms with Crippen LogP contribution in [0.15, 0.2) is 0 Å². The van der Waals surface area contributed by atoms with Gasteiger partial charge >= 0.3 is 5.97 Å². The normalized spacial score (nSPS) is 15.3. The zero-order valence-electron chi connectivity index (χ0n) is 14.6. The summed E-state index contributed by atoms with van der Waals surface area (Å²) >= 11 is 5.42. The van der Waals surface area contributed by atoms with Gasteiger partial charge in [-0.2, -0.15) is 24.4 Å². The number of thiol groups is 1. The van der Waals surface area contributed by atoms with Gasteiger partial charge < -0.3 is 31.9 Å². The fourth-order valence-corrected chi connectivity index (χ4v) is 2.44. The molecule has 0 aromatic rings. The first-order valence-electron chi connectivity index (χ1n) is 7.77. The molecule has 0 bridgehead atoms. The Morgan fingerprint density at radius 3 is 2.23 bits per heavy atom. The fraction of sp³-hybridized carbons (Fsp3) is 0.714. The highest BCUT2D eigenvalue weighted by atomic mass is 32.2. The van der Waals surface area contributed by atoms with E-state index in [2.05, 4.69) is 28.6 Å². The van der Waals surface area contributed by atoms with Crippen LogP contribution in [-0.4, -0.2) is 82.4 Å². The van der Waals surface area contributed by atoms with Gasteiger partial charge in [-0.1, -0.05) is 0 Å². The Morgan fingerprint density at radius 2 is 1.77 bits per heavy atom. The summed E-state index contributed by atoms with van der Waals surface area (Å²) in [7, 11) is 0. The Hall–Kier alpha value is -1.50. The van der Waals surface area contributed by atoms with Crippen LogP contribution in [0.5, 0.6) is 0 Å². The van der Waals surface area contributed by atoms with Gasteiger partial charge in [0.1, 0.15) is 18.1 Å². The Morgan fingerprint density at radius 1 is 1.15 bits per heavy atom. The molecule has 0 aliphatic rings. The number of thioether (sulfide) groups is 1. The molecular formula is C14H26N4O6S2. The summed E-state index contributed by atoms with van der Waals surface area (Å²) in [5.74, 6) is -2.77. The van der Waals surface area contributed by atoms with Crippen LogP contribution in [0.3, 0.4) is 0 Å². The molecule has 0 heterocycles. The highest BCUT2D eigenvalue weighted by Crippen LogP contribution is 2.02. The molecule has 0 aliphatic heterocycles. The largest absolute Gasteiger partial charge is 0.480 e. The van der Waals surface area contributed by atoms with E-state index in [1.165, 1.54) is 18.7 Å². The van der Waals surface area contributed by atoms with E-state index in [4.69, 9.17) is 10.8 Å². The lowest BCUT2D eigenvalue weighted by atomic mass is 10.2. The number of carbonyl (C=O) groups is 4. The van der Waals surface area contributed by atoms with Crippen LogP contribution in [0.25, 0.3) is 0 Å². The Bertz CT molecular complexity index is 506. The van der Waals surface area contributed by atoms with E-state index >= 15 is 0 Å². The molecule has 3 amide bonds. The molecule has 0 saturated carbocycles. The zero-order valence-corrected chi connectivity index (χ0v) is 16.3. The summed E-state index contributed by atoms with van der Waals surface area (Å²) in [6.07, 6.45) is 0.973. The summed E-state index contributed by atoms with van der Waals surface area (Å²) in [6, 6.07) is -3.32. The molecule has 0 spiro atoms. The number of carboxylic acids is 1. The van der Waals surface area contributed by atoms with E-state index < -0.39 is 54.5 Å². The second-order valence-corrected chi connectivity index (χ2v) is 6.82. The maximum atomic E-state index is 12.1. The van der Waals surface area contributed by atoms with Crippen molar-refractivity contribution in [1.29, 1.82) is 0 Å². The third-order valence-corrected chi connectivity index (χ3v) is 4.31. The maximum Gasteiger partial charge on any atom is 0.326 e. The molecule has 0 aromatic heterocycles. The maximum absolute atomic E-state index is 12.1. The van der Waals surface area contributed by atoms with Gasteiger partial charge in [-0.15, -0.1) is 0 Å². The number of carboxylic acid groups (broad SMARTS) is 1. The van der Waals surface area contributed by atoms with Gasteiger partial charge in [0.15, 0.2) is 0 Å². The molecule has 0 radical (unpaired) electrons. The van der Waals surface area contributed by atoms with Gasteiger partial charge in [-0.3, -0.25) is 14.4 Å². The van der Waals surface area contributed by atoms with Gasteiger partial charge in [0.2, 0.25) is 17.7 Å². The predicted octanol–water partition coefficient (Wildman–Crippen LogP) is -2.45. The average Bonchev–Trinajstić information content (AvgIpc) is 2.59. The number of hydrogen-bond donors (Lipinski definition) is 7. The number of amides is 3. The third kappa shape index (κ3) is 9.27. The predicted molar refractivity (Wildman–Crippen MR) is 101 cm³/mol. The summed E-state index contributed by atoms with van der Waals surface area (Å²) in [6.45, 7) is 0.882. The number of aliphatic carboxylic acids is 1. The molecule has 10 nitrogen and oxygen atoms in total. The topological polar surface area (TPSA) is 171 Å². The van der Waals surface area contributed by atoms with Crippen molar-refractivity contribution in [3.63, 3.8) is 0 Å². The monoisotopic (exact) mass is 410 g/mol. The number of hydrogen-bond acceptors (Lipinski definition) is 8. The number of rotatable bonds is 12. The van der Waals surface area contributed by atoms with Crippen LogP contribution in [0, 0.1) is 0 Å². The molecule has 0 fully saturated rings. The second kappa shape index (κ2) is 12.8. The number of nitrogens with two attached hydrogens (primary N) is 1. The number of carbonyl (C=O) groups excluding carboxylic acids is 3. The van der Waals surface area contributed by atoms with Gasteiger partial charge in [0.25, 0.3) is 0 Å². The van der Waals surface area contributed by atoms with Crippen molar-refractivity contribution in [2.75, 3.05) is 24.3 Å². The molecule has 0 aromatic carbocycles. The first-order chi connectivity index (χ1) is 12.1. The average molecular weight is 411 g/mol. The van der Waals surface area contributed by atoms with Crippen LogP contribution in [-0.2, 0) is 19.2 Å². The number of aliphatic hydroxyl groups is 1. The lowest BCUT2D eigenvalue weighted by molar-refractivity contribution is -0.142. The van der Waals surface area contributed by atoms with Crippen LogP contribution in [0.4, 0.5) is 0 Å². The molecule has 12 heteroatoms. The molecule has 150 valence electrons. The molecular weight excluding hydrogens is 384 g/mol. The first-order valence-corrected chi connectivity index (χ1v) is 9.80. The van der Waals surface area contributed by atoms with E-state index in [1.807, 2.05) is 6.26 Å². The molecule has 26 heavy (non-hydrogen) atoms. The van der Waals surface area contributed by atoms with E-state index in [-0.39, 0.29) is 12.2 Å². The van der Waals surface area contributed by atoms with Gasteiger partial charge in [0.05, 0.1) is 12.6 Å². The van der Waals surface area contributed by atoms with Crippen LogP contribution in [0.1, 0.15) is 13.3 Å². The van der Waals surface area contributed by atoms with Crippen molar-refractivity contribution in [3.05, 3.63) is 0 Å². The summed E-state index contributed by atoms with van der Waals surface area (Å²) in [5.41, 5.74) is 5.42. The fourth-order valence-electron chi connectivity index (χ4n) is 1.71. The SMILES string of the molecule is CSCCC(NC(=O)C(CS)NC(=O)CNC(=O)C(N)C(C)O)C(=O)O. The number of aliphatic hydroxyl groups excluding tert-OH is 1. The summed E-state index contributed by atoms with van der Waals surface area (Å²) < 4.78 is 0. The van der Waals surface area contributed by atoms with Gasteiger partial charge in [0, 0.05) is 5.75 Å². The van der Waals surface area contributed by atoms with Crippen molar-refractivity contribution >= 4 is 48.1 Å². The summed E-state index contributed by atoms with van der Waals surface area (Å²) in [4.78, 5) is 46.7. The van der Waals surface area contributed by atoms with Crippen molar-refractivity contribution < 1.29 is 29.4 Å². The van der Waals surface area contributed by atoms with Crippen LogP contribution in [0.2, 0.25) is 0 Å². The van der Waals surface area contributed by atoms with Crippen molar-refractivity contribution in [2.24, 2.45) is 5.73 Å². The van der Waals surface area contributed by atoms with E-state index in [1.54, 1.807) is 0 Å². The van der Waals surface area contributed by atoms with E-state index in [0.717, 1.165) is 0 Å². The first kappa shape index (κ1) is 24.5. The molecule has 0 aliphatic carbocycles. The quantitative estimate of drug-likeness (QED) is 0.174. The van der Waals surface area contributed by atoms with Crippen LogP contribution < -0.4 is 21.7 Å². The zero-order chi connectivity index (χ0) is 20.3. The second-order valence-electron chi connectivity index (χ2n) is 5.47. The Balaban J connectivity index is 4.58. The lowest BCUT2D eigenvalue weighted by Crippen LogP contribution is -2.55. The smallest absolute Gasteiger partial charge is 0.326 e. The molecule has 0 saturated heterocycles. The van der Waals surface area contributed by atoms with Crippen LogP contribution >= 0.6 is 24.4 Å². The lowest BCUT2D eigenvalue weighted by Gasteiger charge is -2.20. The highest BCUT2D eigenvalue weighted by molar-refractivity contribution is 7.98. The minimum Gasteiger partial charge on any atom is -0.480 e. The molecule has 4 unspecified atom stereocenters. The Labute approximate surface area is 161 Å². The van der Waals surface area contributed by atoms with E-state index in [0.29, 0.717) is 5.75 Å². The Kier molecular flexibility index (Phi) is 12.1.